The molecule has 2 aromatic rings. The Labute approximate surface area is 169 Å². The normalized spacial score (nSPS) is 21.7. The average molecular weight is 432 g/mol. The van der Waals surface area contributed by atoms with E-state index in [1.165, 1.54) is 0 Å². The van der Waals surface area contributed by atoms with Crippen molar-refractivity contribution in [2.24, 2.45) is 0 Å². The molecule has 1 aliphatic rings. The molecule has 1 saturated heterocycles. The predicted molar refractivity (Wildman–Crippen MR) is 109 cm³/mol. The molecule has 0 bridgehead atoms. The van der Waals surface area contributed by atoms with Gasteiger partial charge in [-0.3, -0.25) is 0 Å². The SMILES string of the molecule is C[C@H](c1ccc(Br)cc1)N1CC[C@](CC(C)(C)O)(c2ccccc2)OC1=O. The maximum Gasteiger partial charge on any atom is 0.411 e. The first-order chi connectivity index (χ1) is 12.7. The van der Waals surface area contributed by atoms with Crippen molar-refractivity contribution in [1.82, 2.24) is 4.90 Å². The predicted octanol–water partition coefficient (Wildman–Crippen LogP) is 5.41. The Bertz CT molecular complexity index is 785. The Hall–Kier alpha value is -1.85. The monoisotopic (exact) mass is 431 g/mol. The van der Waals surface area contributed by atoms with E-state index < -0.39 is 11.2 Å². The lowest BCUT2D eigenvalue weighted by atomic mass is 9.80. The highest BCUT2D eigenvalue weighted by Crippen LogP contribution is 2.42. The Kier molecular flexibility index (Phi) is 5.63. The van der Waals surface area contributed by atoms with E-state index in [4.69, 9.17) is 4.74 Å². The van der Waals surface area contributed by atoms with E-state index in [9.17, 15) is 9.90 Å². The van der Waals surface area contributed by atoms with E-state index in [0.29, 0.717) is 19.4 Å². The van der Waals surface area contributed by atoms with E-state index in [1.807, 2.05) is 61.5 Å². The summed E-state index contributed by atoms with van der Waals surface area (Å²) in [7, 11) is 0. The lowest BCUT2D eigenvalue weighted by Gasteiger charge is -2.45. The number of amides is 1. The van der Waals surface area contributed by atoms with E-state index in [-0.39, 0.29) is 12.1 Å². The summed E-state index contributed by atoms with van der Waals surface area (Å²) in [5.41, 5.74) is 0.226. The molecule has 2 aromatic carbocycles. The van der Waals surface area contributed by atoms with Gasteiger partial charge in [0.05, 0.1) is 11.6 Å². The molecule has 4 nitrogen and oxygen atoms in total. The van der Waals surface area contributed by atoms with Gasteiger partial charge < -0.3 is 14.7 Å². The molecule has 0 spiro atoms. The molecule has 5 heteroatoms. The summed E-state index contributed by atoms with van der Waals surface area (Å²) in [4.78, 5) is 14.7. The second kappa shape index (κ2) is 7.64. The molecule has 2 atom stereocenters. The van der Waals surface area contributed by atoms with Gasteiger partial charge in [0.25, 0.3) is 0 Å². The molecule has 0 aliphatic carbocycles. The third kappa shape index (κ3) is 4.53. The van der Waals surface area contributed by atoms with Gasteiger partial charge in [0, 0.05) is 23.9 Å². The first-order valence-corrected chi connectivity index (χ1v) is 10.0. The number of hydrogen-bond donors (Lipinski definition) is 1. The van der Waals surface area contributed by atoms with Crippen LogP contribution in [0.5, 0.6) is 0 Å². The lowest BCUT2D eigenvalue weighted by molar-refractivity contribution is -0.101. The first kappa shape index (κ1) is 19.9. The van der Waals surface area contributed by atoms with Crippen molar-refractivity contribution in [2.45, 2.75) is 50.9 Å². The number of ether oxygens (including phenoxy) is 1. The van der Waals surface area contributed by atoms with Gasteiger partial charge >= 0.3 is 6.09 Å². The molecule has 1 N–H and O–H groups in total. The summed E-state index contributed by atoms with van der Waals surface area (Å²) in [6.45, 7) is 6.09. The zero-order valence-electron chi connectivity index (χ0n) is 16.0. The fourth-order valence-corrected chi connectivity index (χ4v) is 4.08. The fourth-order valence-electron chi connectivity index (χ4n) is 3.81. The summed E-state index contributed by atoms with van der Waals surface area (Å²) in [5, 5.41) is 10.5. The van der Waals surface area contributed by atoms with Gasteiger partial charge in [-0.1, -0.05) is 58.4 Å². The van der Waals surface area contributed by atoms with Crippen LogP contribution >= 0.6 is 15.9 Å². The summed E-state index contributed by atoms with van der Waals surface area (Å²) in [5.74, 6) is 0. The quantitative estimate of drug-likeness (QED) is 0.688. The largest absolute Gasteiger partial charge is 0.438 e. The number of aliphatic hydroxyl groups is 1. The van der Waals surface area contributed by atoms with Crippen molar-refractivity contribution in [3.63, 3.8) is 0 Å². The average Bonchev–Trinajstić information content (AvgIpc) is 2.61. The van der Waals surface area contributed by atoms with E-state index in [2.05, 4.69) is 15.9 Å². The van der Waals surface area contributed by atoms with Gasteiger partial charge in [-0.25, -0.2) is 4.79 Å². The number of cyclic esters (lactones) is 1. The van der Waals surface area contributed by atoms with Crippen LogP contribution in [-0.4, -0.2) is 28.2 Å². The fraction of sp³-hybridized carbons (Fsp3) is 0.409. The van der Waals surface area contributed by atoms with Crippen LogP contribution in [0, 0.1) is 0 Å². The zero-order chi connectivity index (χ0) is 19.7. The third-order valence-electron chi connectivity index (χ3n) is 5.11. The van der Waals surface area contributed by atoms with Gasteiger partial charge in [-0.05, 0) is 44.0 Å². The number of carbonyl (C=O) groups excluding carboxylic acids is 1. The summed E-state index contributed by atoms with van der Waals surface area (Å²) >= 11 is 3.44. The van der Waals surface area contributed by atoms with Gasteiger partial charge in [0.15, 0.2) is 0 Å². The van der Waals surface area contributed by atoms with Crippen molar-refractivity contribution >= 4 is 22.0 Å². The summed E-state index contributed by atoms with van der Waals surface area (Å²) in [6, 6.07) is 17.6. The van der Waals surface area contributed by atoms with Crippen LogP contribution in [0.25, 0.3) is 0 Å². The highest BCUT2D eigenvalue weighted by molar-refractivity contribution is 9.10. The van der Waals surface area contributed by atoms with Crippen LogP contribution < -0.4 is 0 Å². The molecule has 3 rings (SSSR count). The van der Waals surface area contributed by atoms with Crippen LogP contribution in [-0.2, 0) is 10.3 Å². The molecule has 1 fully saturated rings. The minimum absolute atomic E-state index is 0.0819. The lowest BCUT2D eigenvalue weighted by Crippen LogP contribution is -2.51. The van der Waals surface area contributed by atoms with Crippen molar-refractivity contribution in [3.05, 3.63) is 70.2 Å². The van der Waals surface area contributed by atoms with Gasteiger partial charge in [0.1, 0.15) is 5.60 Å². The van der Waals surface area contributed by atoms with Crippen LogP contribution in [0.1, 0.15) is 50.8 Å². The standard InChI is InChI=1S/C22H26BrNO3/c1-16(17-9-11-19(23)12-10-17)24-14-13-22(27-20(24)25,15-21(2,3)26)18-7-5-4-6-8-18/h4-12,16,26H,13-15H2,1-3H3/t16-,22+/m1/s1. The summed E-state index contributed by atoms with van der Waals surface area (Å²) < 4.78 is 7.04. The molecule has 0 saturated carbocycles. The van der Waals surface area contributed by atoms with Crippen molar-refractivity contribution in [1.29, 1.82) is 0 Å². The van der Waals surface area contributed by atoms with Crippen LogP contribution in [0.2, 0.25) is 0 Å². The Balaban J connectivity index is 1.85. The zero-order valence-corrected chi connectivity index (χ0v) is 17.6. The van der Waals surface area contributed by atoms with Gasteiger partial charge in [-0.2, -0.15) is 0 Å². The number of nitrogens with zero attached hydrogens (tertiary/aromatic N) is 1. The van der Waals surface area contributed by atoms with Crippen LogP contribution in [0.3, 0.4) is 0 Å². The first-order valence-electron chi connectivity index (χ1n) is 9.23. The van der Waals surface area contributed by atoms with Crippen LogP contribution in [0.4, 0.5) is 4.79 Å². The molecule has 27 heavy (non-hydrogen) atoms. The number of hydrogen-bond acceptors (Lipinski definition) is 3. The van der Waals surface area contributed by atoms with E-state index in [1.54, 1.807) is 18.7 Å². The summed E-state index contributed by atoms with van der Waals surface area (Å²) in [6.07, 6.45) is 0.647. The third-order valence-corrected chi connectivity index (χ3v) is 5.64. The van der Waals surface area contributed by atoms with Crippen molar-refractivity contribution in [3.8, 4) is 0 Å². The minimum Gasteiger partial charge on any atom is -0.438 e. The molecular formula is C22H26BrNO3. The maximum absolute atomic E-state index is 13.0. The molecular weight excluding hydrogens is 406 g/mol. The number of benzene rings is 2. The molecule has 0 radical (unpaired) electrons. The Morgan fingerprint density at radius 3 is 2.37 bits per heavy atom. The molecule has 144 valence electrons. The number of rotatable bonds is 5. The molecule has 1 amide bonds. The van der Waals surface area contributed by atoms with E-state index in [0.717, 1.165) is 15.6 Å². The number of halogens is 1. The van der Waals surface area contributed by atoms with Crippen molar-refractivity contribution < 1.29 is 14.6 Å². The van der Waals surface area contributed by atoms with E-state index >= 15 is 0 Å². The Morgan fingerprint density at radius 1 is 1.19 bits per heavy atom. The molecule has 1 aliphatic heterocycles. The smallest absolute Gasteiger partial charge is 0.411 e. The second-order valence-corrected chi connectivity index (χ2v) is 8.80. The van der Waals surface area contributed by atoms with Crippen LogP contribution in [0.15, 0.2) is 59.1 Å². The topological polar surface area (TPSA) is 49.8 Å². The highest BCUT2D eigenvalue weighted by atomic mass is 79.9. The van der Waals surface area contributed by atoms with Crippen molar-refractivity contribution in [2.75, 3.05) is 6.54 Å². The maximum atomic E-state index is 13.0. The number of carbonyl (C=O) groups is 1. The van der Waals surface area contributed by atoms with Gasteiger partial charge in [-0.15, -0.1) is 0 Å². The molecule has 0 unspecified atom stereocenters. The highest BCUT2D eigenvalue weighted by Gasteiger charge is 2.46. The minimum atomic E-state index is -0.949. The Morgan fingerprint density at radius 2 is 1.81 bits per heavy atom. The second-order valence-electron chi connectivity index (χ2n) is 7.89. The van der Waals surface area contributed by atoms with Gasteiger partial charge in [0.2, 0.25) is 0 Å². The molecule has 1 heterocycles. The molecule has 0 aromatic heterocycles.